The smallest absolute Gasteiger partial charge is 0.262 e. The molecular formula is C23H21ClN4O2S. The summed E-state index contributed by atoms with van der Waals surface area (Å²) < 4.78 is 1.55. The molecule has 1 aliphatic carbocycles. The third kappa shape index (κ3) is 4.60. The summed E-state index contributed by atoms with van der Waals surface area (Å²) in [6, 6.07) is 16.7. The molecule has 0 saturated heterocycles. The van der Waals surface area contributed by atoms with Crippen molar-refractivity contribution in [3.05, 3.63) is 69.5 Å². The fourth-order valence-electron chi connectivity index (χ4n) is 3.53. The molecule has 1 atom stereocenters. The molecule has 31 heavy (non-hydrogen) atoms. The molecule has 8 heteroatoms. The lowest BCUT2D eigenvalue weighted by Crippen LogP contribution is -2.47. The van der Waals surface area contributed by atoms with Crippen LogP contribution in [0.2, 0.25) is 5.02 Å². The number of thioether (sulfide) groups is 1. The fraction of sp³-hybridized carbons (Fsp3) is 0.304. The lowest BCUT2D eigenvalue weighted by atomic mass is 9.98. The zero-order chi connectivity index (χ0) is 22.0. The van der Waals surface area contributed by atoms with Crippen molar-refractivity contribution in [2.75, 3.05) is 5.75 Å². The maximum atomic E-state index is 13.2. The number of benzene rings is 2. The number of hydrogen-bond donors (Lipinski definition) is 1. The first-order valence-electron chi connectivity index (χ1n) is 9.99. The first-order chi connectivity index (χ1) is 14.9. The van der Waals surface area contributed by atoms with Crippen molar-refractivity contribution >= 4 is 40.2 Å². The van der Waals surface area contributed by atoms with E-state index in [0.29, 0.717) is 21.1 Å². The lowest BCUT2D eigenvalue weighted by Gasteiger charge is -2.22. The van der Waals surface area contributed by atoms with Crippen LogP contribution >= 0.6 is 23.4 Å². The van der Waals surface area contributed by atoms with Crippen LogP contribution in [0.3, 0.4) is 0 Å². The number of nitrogens with zero attached hydrogens (tertiary/aromatic N) is 3. The van der Waals surface area contributed by atoms with Crippen LogP contribution in [0.5, 0.6) is 0 Å². The molecule has 1 N–H and O–H groups in total. The zero-order valence-corrected chi connectivity index (χ0v) is 18.5. The maximum absolute atomic E-state index is 13.2. The number of nitrogens with one attached hydrogen (secondary N) is 1. The Hall–Kier alpha value is -2.82. The Labute approximate surface area is 189 Å². The van der Waals surface area contributed by atoms with Crippen molar-refractivity contribution in [3.8, 4) is 6.07 Å². The first-order valence-corrected chi connectivity index (χ1v) is 11.4. The molecule has 1 unspecified atom stereocenters. The number of aromatic nitrogens is 2. The number of rotatable bonds is 7. The second-order valence-electron chi connectivity index (χ2n) is 7.82. The SMILES string of the molecule is CC(C#N)(NC(=O)CSc1nc2ccccc2c(=O)n1Cc1ccccc1Cl)C1CC1. The van der Waals surface area contributed by atoms with Crippen molar-refractivity contribution in [1.82, 2.24) is 14.9 Å². The van der Waals surface area contributed by atoms with Gasteiger partial charge in [-0.2, -0.15) is 5.26 Å². The van der Waals surface area contributed by atoms with Crippen molar-refractivity contribution in [3.63, 3.8) is 0 Å². The largest absolute Gasteiger partial charge is 0.337 e. The number of halogens is 1. The average molecular weight is 453 g/mol. The number of para-hydroxylation sites is 1. The van der Waals surface area contributed by atoms with Gasteiger partial charge in [0.1, 0.15) is 5.54 Å². The maximum Gasteiger partial charge on any atom is 0.262 e. The molecule has 0 bridgehead atoms. The van der Waals surface area contributed by atoms with Gasteiger partial charge in [-0.1, -0.05) is 53.7 Å². The molecule has 1 saturated carbocycles. The van der Waals surface area contributed by atoms with E-state index in [1.165, 1.54) is 11.8 Å². The van der Waals surface area contributed by atoms with Gasteiger partial charge in [-0.3, -0.25) is 14.2 Å². The monoisotopic (exact) mass is 452 g/mol. The summed E-state index contributed by atoms with van der Waals surface area (Å²) in [5.74, 6) is -0.00611. The van der Waals surface area contributed by atoms with E-state index in [9.17, 15) is 14.9 Å². The highest BCUT2D eigenvalue weighted by Gasteiger charge is 2.42. The van der Waals surface area contributed by atoms with Gasteiger partial charge in [-0.25, -0.2) is 4.98 Å². The van der Waals surface area contributed by atoms with E-state index in [2.05, 4.69) is 16.4 Å². The number of fused-ring (bicyclic) bond motifs is 1. The zero-order valence-electron chi connectivity index (χ0n) is 17.0. The highest BCUT2D eigenvalue weighted by atomic mass is 35.5. The molecule has 1 fully saturated rings. The number of nitriles is 1. The molecule has 4 rings (SSSR count). The predicted molar refractivity (Wildman–Crippen MR) is 122 cm³/mol. The normalized spacial score (nSPS) is 15.3. The summed E-state index contributed by atoms with van der Waals surface area (Å²) in [5, 5.41) is 13.8. The van der Waals surface area contributed by atoms with E-state index in [0.717, 1.165) is 18.4 Å². The predicted octanol–water partition coefficient (Wildman–Crippen LogP) is 4.00. The third-order valence-electron chi connectivity index (χ3n) is 5.47. The molecule has 1 heterocycles. The third-order valence-corrected chi connectivity index (χ3v) is 6.82. The van der Waals surface area contributed by atoms with Gasteiger partial charge in [-0.05, 0) is 49.4 Å². The molecule has 1 aliphatic rings. The Balaban J connectivity index is 1.63. The highest BCUT2D eigenvalue weighted by molar-refractivity contribution is 7.99. The minimum atomic E-state index is -0.855. The number of hydrogen-bond acceptors (Lipinski definition) is 5. The minimum Gasteiger partial charge on any atom is -0.337 e. The van der Waals surface area contributed by atoms with Gasteiger partial charge in [0.05, 0.1) is 29.3 Å². The Kier molecular flexibility index (Phi) is 6.03. The molecule has 158 valence electrons. The first kappa shape index (κ1) is 21.4. The quantitative estimate of drug-likeness (QED) is 0.432. The number of carbonyl (C=O) groups excluding carboxylic acids is 1. The van der Waals surface area contributed by atoms with Crippen LogP contribution in [0.4, 0.5) is 0 Å². The molecule has 6 nitrogen and oxygen atoms in total. The van der Waals surface area contributed by atoms with E-state index < -0.39 is 5.54 Å². The summed E-state index contributed by atoms with van der Waals surface area (Å²) in [4.78, 5) is 30.4. The van der Waals surface area contributed by atoms with E-state index >= 15 is 0 Å². The Morgan fingerprint density at radius 3 is 2.71 bits per heavy atom. The van der Waals surface area contributed by atoms with Gasteiger partial charge in [-0.15, -0.1) is 0 Å². The van der Waals surface area contributed by atoms with Crippen LogP contribution < -0.4 is 10.9 Å². The van der Waals surface area contributed by atoms with Gasteiger partial charge in [0.15, 0.2) is 5.16 Å². The Morgan fingerprint density at radius 2 is 2.00 bits per heavy atom. The van der Waals surface area contributed by atoms with Gasteiger partial charge in [0.25, 0.3) is 5.56 Å². The van der Waals surface area contributed by atoms with Crippen LogP contribution in [0.1, 0.15) is 25.3 Å². The molecule has 1 amide bonds. The van der Waals surface area contributed by atoms with Crippen LogP contribution in [0, 0.1) is 17.2 Å². The van der Waals surface area contributed by atoms with Crippen LogP contribution in [0.25, 0.3) is 10.9 Å². The second kappa shape index (κ2) is 8.74. The highest BCUT2D eigenvalue weighted by Crippen LogP contribution is 2.39. The molecule has 1 aromatic heterocycles. The van der Waals surface area contributed by atoms with E-state index in [1.54, 1.807) is 35.8 Å². The van der Waals surface area contributed by atoms with E-state index in [4.69, 9.17) is 11.6 Å². The summed E-state index contributed by atoms with van der Waals surface area (Å²) in [6.45, 7) is 2.01. The van der Waals surface area contributed by atoms with Gasteiger partial charge < -0.3 is 5.32 Å². The topological polar surface area (TPSA) is 87.8 Å². The lowest BCUT2D eigenvalue weighted by molar-refractivity contribution is -0.119. The molecule has 0 spiro atoms. The average Bonchev–Trinajstić information content (AvgIpc) is 3.62. The van der Waals surface area contributed by atoms with Gasteiger partial charge in [0.2, 0.25) is 5.91 Å². The van der Waals surface area contributed by atoms with Crippen molar-refractivity contribution in [2.24, 2.45) is 5.92 Å². The molecule has 0 radical (unpaired) electrons. The molecular weight excluding hydrogens is 432 g/mol. The minimum absolute atomic E-state index is 0.0529. The van der Waals surface area contributed by atoms with Crippen LogP contribution in [-0.4, -0.2) is 26.8 Å². The molecule has 3 aromatic rings. The van der Waals surface area contributed by atoms with E-state index in [1.807, 2.05) is 24.3 Å². The summed E-state index contributed by atoms with van der Waals surface area (Å²) in [6.07, 6.45) is 1.89. The second-order valence-corrected chi connectivity index (χ2v) is 9.17. The van der Waals surface area contributed by atoms with Crippen molar-refractivity contribution in [1.29, 1.82) is 5.26 Å². The van der Waals surface area contributed by atoms with Crippen molar-refractivity contribution in [2.45, 2.75) is 37.0 Å². The van der Waals surface area contributed by atoms with Crippen molar-refractivity contribution < 1.29 is 4.79 Å². The fourth-order valence-corrected chi connectivity index (χ4v) is 4.53. The number of carbonyl (C=O) groups is 1. The Morgan fingerprint density at radius 1 is 1.29 bits per heavy atom. The summed E-state index contributed by atoms with van der Waals surface area (Å²) in [5.41, 5.74) is 0.325. The number of amides is 1. The van der Waals surface area contributed by atoms with E-state index in [-0.39, 0.29) is 29.7 Å². The summed E-state index contributed by atoms with van der Waals surface area (Å²) in [7, 11) is 0. The van der Waals surface area contributed by atoms with Crippen LogP contribution in [-0.2, 0) is 11.3 Å². The Bertz CT molecular complexity index is 1250. The van der Waals surface area contributed by atoms with Gasteiger partial charge >= 0.3 is 0 Å². The molecule has 2 aromatic carbocycles. The molecule has 0 aliphatic heterocycles. The standard InChI is InChI=1S/C23H21ClN4O2S/c1-23(14-25,16-10-11-16)27-20(29)13-31-22-26-19-9-5-3-7-17(19)21(30)28(22)12-15-6-2-4-8-18(15)24/h2-9,16H,10-13H2,1H3,(H,27,29). The van der Waals surface area contributed by atoms with Crippen LogP contribution in [0.15, 0.2) is 58.5 Å². The van der Waals surface area contributed by atoms with Gasteiger partial charge in [0, 0.05) is 5.02 Å². The summed E-state index contributed by atoms with van der Waals surface area (Å²) >= 11 is 7.49.